The molecule has 0 radical (unpaired) electrons. The molecule has 1 heterocycles. The highest BCUT2D eigenvalue weighted by molar-refractivity contribution is 5.93. The van der Waals surface area contributed by atoms with Gasteiger partial charge in [-0.15, -0.1) is 0 Å². The lowest BCUT2D eigenvalue weighted by atomic mass is 10.1. The van der Waals surface area contributed by atoms with Crippen molar-refractivity contribution in [3.8, 4) is 11.3 Å². The van der Waals surface area contributed by atoms with Crippen LogP contribution in [0.25, 0.3) is 22.3 Å². The summed E-state index contributed by atoms with van der Waals surface area (Å²) in [6, 6.07) is 25.0. The topological polar surface area (TPSA) is 66.3 Å². The quantitative estimate of drug-likeness (QED) is 0.513. The summed E-state index contributed by atoms with van der Waals surface area (Å²) in [5.74, 6) is -0.268. The van der Waals surface area contributed by atoms with Gasteiger partial charge >= 0.3 is 5.97 Å². The molecule has 0 saturated heterocycles. The first-order chi connectivity index (χ1) is 14.0. The van der Waals surface area contributed by atoms with E-state index in [4.69, 9.17) is 9.97 Å². The molecule has 1 atom stereocenters. The summed E-state index contributed by atoms with van der Waals surface area (Å²) >= 11 is 0. The molecule has 29 heavy (non-hydrogen) atoms. The summed E-state index contributed by atoms with van der Waals surface area (Å²) < 4.78 is 0. The van der Waals surface area contributed by atoms with Crippen LogP contribution in [0.1, 0.15) is 28.9 Å². The Bertz CT molecular complexity index is 1160. The molecule has 0 aliphatic rings. The molecule has 0 spiro atoms. The Morgan fingerprint density at radius 1 is 0.897 bits per heavy atom. The van der Waals surface area contributed by atoms with Crippen LogP contribution in [0.5, 0.6) is 0 Å². The van der Waals surface area contributed by atoms with Crippen molar-refractivity contribution in [3.05, 3.63) is 90.0 Å². The van der Waals surface area contributed by atoms with Crippen LogP contribution in [0.3, 0.4) is 0 Å². The molecular weight excluding hydrogens is 362 g/mol. The van der Waals surface area contributed by atoms with Crippen molar-refractivity contribution in [2.75, 3.05) is 11.9 Å². The zero-order valence-corrected chi connectivity index (χ0v) is 16.3. The molecule has 144 valence electrons. The molecule has 1 unspecified atom stereocenters. The maximum Gasteiger partial charge on any atom is 0.335 e. The number of aromatic carboxylic acids is 1. The lowest BCUT2D eigenvalue weighted by Gasteiger charge is -2.28. The van der Waals surface area contributed by atoms with Crippen molar-refractivity contribution in [2.45, 2.75) is 13.0 Å². The fourth-order valence-corrected chi connectivity index (χ4v) is 3.35. The molecule has 4 rings (SSSR count). The van der Waals surface area contributed by atoms with Crippen molar-refractivity contribution >= 4 is 22.8 Å². The smallest absolute Gasteiger partial charge is 0.335 e. The van der Waals surface area contributed by atoms with E-state index in [1.54, 1.807) is 18.2 Å². The molecule has 1 N–H and O–H groups in total. The Morgan fingerprint density at radius 2 is 1.55 bits per heavy atom. The molecule has 1 aromatic heterocycles. The highest BCUT2D eigenvalue weighted by Gasteiger charge is 2.20. The Labute approximate surface area is 169 Å². The van der Waals surface area contributed by atoms with Crippen molar-refractivity contribution in [3.63, 3.8) is 0 Å². The first-order valence-electron chi connectivity index (χ1n) is 9.43. The summed E-state index contributed by atoms with van der Waals surface area (Å²) in [6.45, 7) is 2.11. The summed E-state index contributed by atoms with van der Waals surface area (Å²) in [7, 11) is 1.99. The number of carboxylic acids is 1. The van der Waals surface area contributed by atoms with Gasteiger partial charge in [0.1, 0.15) is 5.69 Å². The average molecular weight is 383 g/mol. The largest absolute Gasteiger partial charge is 0.478 e. The minimum absolute atomic E-state index is 0.0630. The molecule has 5 nitrogen and oxygen atoms in total. The summed E-state index contributed by atoms with van der Waals surface area (Å²) in [5.41, 5.74) is 4.32. The zero-order valence-electron chi connectivity index (χ0n) is 16.3. The average Bonchev–Trinajstić information content (AvgIpc) is 2.78. The third kappa shape index (κ3) is 3.67. The predicted molar refractivity (Wildman–Crippen MR) is 115 cm³/mol. The molecule has 0 amide bonds. The van der Waals surface area contributed by atoms with E-state index < -0.39 is 5.97 Å². The van der Waals surface area contributed by atoms with Gasteiger partial charge in [0.25, 0.3) is 0 Å². The molecule has 4 aromatic rings. The monoisotopic (exact) mass is 383 g/mol. The standard InChI is InChI=1S/C24H21N3O2/c1-16(17-9-5-3-6-10-17)27(2)23-22(18-11-7-4-8-12-18)25-20-14-13-19(24(28)29)15-21(20)26-23/h3-16H,1-2H3,(H,28,29). The van der Waals surface area contributed by atoms with Crippen LogP contribution in [0.2, 0.25) is 0 Å². The summed E-state index contributed by atoms with van der Waals surface area (Å²) in [6.07, 6.45) is 0. The van der Waals surface area contributed by atoms with Gasteiger partial charge < -0.3 is 10.0 Å². The van der Waals surface area contributed by atoms with Gasteiger partial charge in [-0.2, -0.15) is 0 Å². The first kappa shape index (κ1) is 18.6. The number of rotatable bonds is 5. The number of benzene rings is 3. The molecular formula is C24H21N3O2. The van der Waals surface area contributed by atoms with Crippen LogP contribution in [0.4, 0.5) is 5.82 Å². The van der Waals surface area contributed by atoms with E-state index in [2.05, 4.69) is 24.0 Å². The van der Waals surface area contributed by atoms with Gasteiger partial charge in [-0.1, -0.05) is 60.7 Å². The van der Waals surface area contributed by atoms with Gasteiger partial charge in [0.15, 0.2) is 5.82 Å². The van der Waals surface area contributed by atoms with E-state index in [1.807, 2.05) is 55.6 Å². The molecule has 0 saturated carbocycles. The minimum atomic E-state index is -0.978. The second kappa shape index (κ2) is 7.72. The van der Waals surface area contributed by atoms with Crippen molar-refractivity contribution < 1.29 is 9.90 Å². The van der Waals surface area contributed by atoms with Gasteiger partial charge in [0.2, 0.25) is 0 Å². The van der Waals surface area contributed by atoms with Crippen molar-refractivity contribution in [1.82, 2.24) is 9.97 Å². The van der Waals surface area contributed by atoms with Gasteiger partial charge in [-0.3, -0.25) is 0 Å². The Kier molecular flexibility index (Phi) is 4.96. The van der Waals surface area contributed by atoms with E-state index in [0.29, 0.717) is 16.9 Å². The lowest BCUT2D eigenvalue weighted by Crippen LogP contribution is -2.23. The fourth-order valence-electron chi connectivity index (χ4n) is 3.35. The van der Waals surface area contributed by atoms with E-state index in [1.165, 1.54) is 0 Å². The number of aromatic nitrogens is 2. The molecule has 0 aliphatic heterocycles. The summed E-state index contributed by atoms with van der Waals surface area (Å²) in [5, 5.41) is 9.33. The molecule has 0 aliphatic carbocycles. The van der Waals surface area contributed by atoms with Crippen LogP contribution in [-0.2, 0) is 0 Å². The fraction of sp³-hybridized carbons (Fsp3) is 0.125. The third-order valence-electron chi connectivity index (χ3n) is 5.14. The number of nitrogens with zero attached hydrogens (tertiary/aromatic N) is 3. The van der Waals surface area contributed by atoms with Crippen LogP contribution in [0.15, 0.2) is 78.9 Å². The normalized spacial score (nSPS) is 11.9. The van der Waals surface area contributed by atoms with Crippen LogP contribution in [0, 0.1) is 0 Å². The second-order valence-corrected chi connectivity index (χ2v) is 6.97. The predicted octanol–water partition coefficient (Wildman–Crippen LogP) is 5.19. The van der Waals surface area contributed by atoms with Crippen LogP contribution >= 0.6 is 0 Å². The Morgan fingerprint density at radius 3 is 2.21 bits per heavy atom. The number of hydrogen-bond donors (Lipinski definition) is 1. The summed E-state index contributed by atoms with van der Waals surface area (Å²) in [4.78, 5) is 23.2. The SMILES string of the molecule is CC(c1ccccc1)N(C)c1nc2cc(C(=O)O)ccc2nc1-c1ccccc1. The Balaban J connectivity index is 1.90. The van der Waals surface area contributed by atoms with E-state index in [-0.39, 0.29) is 11.6 Å². The Hall–Kier alpha value is -3.73. The van der Waals surface area contributed by atoms with E-state index in [0.717, 1.165) is 16.8 Å². The number of carbonyl (C=O) groups is 1. The molecule has 0 bridgehead atoms. The highest BCUT2D eigenvalue weighted by atomic mass is 16.4. The van der Waals surface area contributed by atoms with Gasteiger partial charge in [-0.25, -0.2) is 14.8 Å². The van der Waals surface area contributed by atoms with Gasteiger partial charge in [0, 0.05) is 12.6 Å². The van der Waals surface area contributed by atoms with Gasteiger partial charge in [-0.05, 0) is 30.7 Å². The van der Waals surface area contributed by atoms with E-state index >= 15 is 0 Å². The number of anilines is 1. The van der Waals surface area contributed by atoms with Gasteiger partial charge in [0.05, 0.1) is 22.6 Å². The minimum Gasteiger partial charge on any atom is -0.478 e. The lowest BCUT2D eigenvalue weighted by molar-refractivity contribution is 0.0697. The molecule has 0 fully saturated rings. The second-order valence-electron chi connectivity index (χ2n) is 6.97. The van der Waals surface area contributed by atoms with Crippen LogP contribution < -0.4 is 4.90 Å². The van der Waals surface area contributed by atoms with Crippen molar-refractivity contribution in [2.24, 2.45) is 0 Å². The van der Waals surface area contributed by atoms with Crippen LogP contribution in [-0.4, -0.2) is 28.1 Å². The molecule has 3 aromatic carbocycles. The number of hydrogen-bond acceptors (Lipinski definition) is 4. The highest BCUT2D eigenvalue weighted by Crippen LogP contribution is 2.33. The van der Waals surface area contributed by atoms with Crippen molar-refractivity contribution in [1.29, 1.82) is 0 Å². The first-order valence-corrected chi connectivity index (χ1v) is 9.43. The number of carboxylic acid groups (broad SMARTS) is 1. The third-order valence-corrected chi connectivity index (χ3v) is 5.14. The maximum atomic E-state index is 11.4. The molecule has 5 heteroatoms. The zero-order chi connectivity index (χ0) is 20.4. The van der Waals surface area contributed by atoms with E-state index in [9.17, 15) is 9.90 Å². The number of fused-ring (bicyclic) bond motifs is 1. The maximum absolute atomic E-state index is 11.4.